The maximum Gasteiger partial charge on any atom is 0.408 e. The van der Waals surface area contributed by atoms with Crippen molar-refractivity contribution in [3.8, 4) is 0 Å². The van der Waals surface area contributed by atoms with Crippen molar-refractivity contribution in [2.24, 2.45) is 5.92 Å². The third kappa shape index (κ3) is 9.25. The molecule has 3 aromatic carbocycles. The molecule has 0 spiro atoms. The first-order valence-electron chi connectivity index (χ1n) is 17.3. The van der Waals surface area contributed by atoms with Crippen LogP contribution in [0.3, 0.4) is 0 Å². The summed E-state index contributed by atoms with van der Waals surface area (Å²) in [5.74, 6) is -0.809. The number of carbonyl (C=O) groups is 3. The topological polar surface area (TPSA) is 131 Å². The number of nitrogens with zero attached hydrogens (tertiary/aromatic N) is 3. The fourth-order valence-electron chi connectivity index (χ4n) is 6.41. The number of pyridine rings is 1. The lowest BCUT2D eigenvalue weighted by Gasteiger charge is -2.42. The molecule has 11 heteroatoms. The highest BCUT2D eigenvalue weighted by Crippen LogP contribution is 2.42. The van der Waals surface area contributed by atoms with Gasteiger partial charge in [-0.2, -0.15) is 0 Å². The molecule has 3 amide bonds. The second-order valence-electron chi connectivity index (χ2n) is 13.2. The predicted octanol–water partition coefficient (Wildman–Crippen LogP) is 5.09. The molecule has 266 valence electrons. The van der Waals surface area contributed by atoms with Gasteiger partial charge in [0.25, 0.3) is 5.91 Å². The molecule has 0 saturated carbocycles. The Kier molecular flexibility index (Phi) is 11.8. The van der Waals surface area contributed by atoms with E-state index >= 15 is 0 Å². The number of ether oxygens (including phenoxy) is 3. The minimum absolute atomic E-state index is 0.0298. The van der Waals surface area contributed by atoms with Crippen LogP contribution in [0.25, 0.3) is 0 Å². The highest BCUT2D eigenvalue weighted by Gasteiger charge is 2.41. The average molecular weight is 693 g/mol. The molecule has 2 aliphatic rings. The minimum atomic E-state index is -0.978. The van der Waals surface area contributed by atoms with E-state index in [2.05, 4.69) is 29.2 Å². The van der Waals surface area contributed by atoms with Crippen LogP contribution in [-0.2, 0) is 50.0 Å². The summed E-state index contributed by atoms with van der Waals surface area (Å²) >= 11 is 0. The monoisotopic (exact) mass is 692 g/mol. The van der Waals surface area contributed by atoms with Crippen molar-refractivity contribution in [2.75, 3.05) is 20.1 Å². The van der Waals surface area contributed by atoms with E-state index in [9.17, 15) is 19.5 Å². The first-order chi connectivity index (χ1) is 24.8. The first-order valence-corrected chi connectivity index (χ1v) is 17.3. The summed E-state index contributed by atoms with van der Waals surface area (Å²) in [6.07, 6.45) is 0.692. The van der Waals surface area contributed by atoms with Gasteiger partial charge in [0.1, 0.15) is 12.6 Å². The number of carbonyl (C=O) groups excluding carboxylic acids is 3. The molecule has 1 unspecified atom stereocenters. The van der Waals surface area contributed by atoms with Crippen LogP contribution in [0.4, 0.5) is 4.79 Å². The van der Waals surface area contributed by atoms with Crippen molar-refractivity contribution in [3.05, 3.63) is 137 Å². The second-order valence-corrected chi connectivity index (χ2v) is 13.2. The van der Waals surface area contributed by atoms with E-state index in [4.69, 9.17) is 14.2 Å². The summed E-state index contributed by atoms with van der Waals surface area (Å²) in [5.41, 5.74) is 5.25. The van der Waals surface area contributed by atoms with E-state index in [1.807, 2.05) is 103 Å². The summed E-state index contributed by atoms with van der Waals surface area (Å²) in [4.78, 5) is 46.2. The molecule has 2 fully saturated rings. The lowest BCUT2D eigenvalue weighted by atomic mass is 9.90. The molecule has 2 aliphatic heterocycles. The number of aliphatic hydroxyl groups is 1. The van der Waals surface area contributed by atoms with Gasteiger partial charge in [0, 0.05) is 42.9 Å². The molecule has 5 atom stereocenters. The average Bonchev–Trinajstić information content (AvgIpc) is 3.42. The van der Waals surface area contributed by atoms with Gasteiger partial charge in [-0.05, 0) is 41.4 Å². The van der Waals surface area contributed by atoms with Crippen LogP contribution in [0.2, 0.25) is 0 Å². The van der Waals surface area contributed by atoms with Gasteiger partial charge in [-0.15, -0.1) is 0 Å². The normalized spacial score (nSPS) is 22.0. The quantitative estimate of drug-likeness (QED) is 0.184. The Morgan fingerprint density at radius 2 is 1.63 bits per heavy atom. The van der Waals surface area contributed by atoms with Gasteiger partial charge in [-0.1, -0.05) is 91.9 Å². The van der Waals surface area contributed by atoms with E-state index in [0.29, 0.717) is 6.54 Å². The Hall–Kier alpha value is -4.94. The van der Waals surface area contributed by atoms with Crippen molar-refractivity contribution >= 4 is 17.9 Å². The lowest BCUT2D eigenvalue weighted by molar-refractivity contribution is -0.275. The van der Waals surface area contributed by atoms with E-state index < -0.39 is 24.3 Å². The standard InChI is InChI=1S/C40H44N4O7/c1-27-35(24-43(2)21-19-33-10-6-7-20-41-33)50-39(51-37(27)31-15-13-29(25-45)14-16-31)32-17-11-28(12-18-32)23-44-36(46)22-34(38(44)47)42-40(48)49-26-30-8-4-3-5-9-30/h3-18,20,27,34-35,37,39,45H,19,21-26H2,1-2H3,(H,42,48)/t27-,34?,35+,37+,39+/m1/s1. The molecular weight excluding hydrogens is 648 g/mol. The zero-order valence-corrected chi connectivity index (χ0v) is 28.9. The Morgan fingerprint density at radius 3 is 2.33 bits per heavy atom. The minimum Gasteiger partial charge on any atom is -0.445 e. The predicted molar refractivity (Wildman–Crippen MR) is 189 cm³/mol. The van der Waals surface area contributed by atoms with Crippen LogP contribution in [0.5, 0.6) is 0 Å². The van der Waals surface area contributed by atoms with Crippen LogP contribution in [0, 0.1) is 5.92 Å². The zero-order valence-electron chi connectivity index (χ0n) is 28.9. The maximum atomic E-state index is 13.1. The Balaban J connectivity index is 1.10. The fourth-order valence-corrected chi connectivity index (χ4v) is 6.41. The Morgan fingerprint density at radius 1 is 0.922 bits per heavy atom. The molecule has 0 radical (unpaired) electrons. The third-order valence-electron chi connectivity index (χ3n) is 9.43. The van der Waals surface area contributed by atoms with Gasteiger partial charge in [0.05, 0.1) is 31.8 Å². The van der Waals surface area contributed by atoms with Crippen molar-refractivity contribution in [3.63, 3.8) is 0 Å². The van der Waals surface area contributed by atoms with E-state index in [0.717, 1.165) is 51.4 Å². The van der Waals surface area contributed by atoms with Crippen LogP contribution >= 0.6 is 0 Å². The molecule has 0 bridgehead atoms. The molecule has 6 rings (SSSR count). The summed E-state index contributed by atoms with van der Waals surface area (Å²) in [7, 11) is 2.08. The molecule has 2 N–H and O–H groups in total. The fraction of sp³-hybridized carbons (Fsp3) is 0.350. The second kappa shape index (κ2) is 16.8. The van der Waals surface area contributed by atoms with E-state index in [1.165, 1.54) is 0 Å². The number of imide groups is 1. The zero-order chi connectivity index (χ0) is 35.7. The highest BCUT2D eigenvalue weighted by atomic mass is 16.7. The highest BCUT2D eigenvalue weighted by molar-refractivity contribution is 6.06. The number of amides is 3. The number of rotatable bonds is 13. The van der Waals surface area contributed by atoms with Gasteiger partial charge in [0.2, 0.25) is 5.91 Å². The number of aromatic nitrogens is 1. The number of benzene rings is 3. The maximum absolute atomic E-state index is 13.1. The molecule has 3 heterocycles. The number of likely N-dealkylation sites (N-methyl/N-ethyl adjacent to an activating group) is 1. The van der Waals surface area contributed by atoms with Crippen molar-refractivity contribution in [1.82, 2.24) is 20.1 Å². The number of alkyl carbamates (subject to hydrolysis) is 1. The van der Waals surface area contributed by atoms with Crippen molar-refractivity contribution in [2.45, 2.75) is 64.1 Å². The SMILES string of the molecule is C[C@@H]1[C@H](CN(C)CCc2ccccn2)O[C@H](c2ccc(CN3C(=O)CC(NC(=O)OCc4ccccc4)C3=O)cc2)O[C@@H]1c1ccc(CO)cc1. The lowest BCUT2D eigenvalue weighted by Crippen LogP contribution is -2.44. The van der Waals surface area contributed by atoms with Gasteiger partial charge >= 0.3 is 6.09 Å². The van der Waals surface area contributed by atoms with Gasteiger partial charge in [-0.25, -0.2) is 4.79 Å². The number of likely N-dealkylation sites (tertiary alicyclic amines) is 1. The van der Waals surface area contributed by atoms with Gasteiger partial charge in [0.15, 0.2) is 6.29 Å². The molecule has 51 heavy (non-hydrogen) atoms. The van der Waals surface area contributed by atoms with Gasteiger partial charge in [-0.3, -0.25) is 19.5 Å². The molecule has 2 saturated heterocycles. The smallest absolute Gasteiger partial charge is 0.408 e. The molecule has 0 aliphatic carbocycles. The number of nitrogens with one attached hydrogen (secondary N) is 1. The van der Waals surface area contributed by atoms with Crippen molar-refractivity contribution in [1.29, 1.82) is 0 Å². The Bertz CT molecular complexity index is 1760. The summed E-state index contributed by atoms with van der Waals surface area (Å²) in [5, 5.41) is 12.1. The molecule has 4 aromatic rings. The van der Waals surface area contributed by atoms with Crippen LogP contribution in [0.1, 0.15) is 59.2 Å². The third-order valence-corrected chi connectivity index (χ3v) is 9.43. The first kappa shape index (κ1) is 35.9. The largest absolute Gasteiger partial charge is 0.445 e. The van der Waals surface area contributed by atoms with E-state index in [-0.39, 0.29) is 50.2 Å². The summed E-state index contributed by atoms with van der Waals surface area (Å²) in [6.45, 7) is 3.74. The Labute approximate surface area is 298 Å². The van der Waals surface area contributed by atoms with Crippen LogP contribution in [-0.4, -0.2) is 70.1 Å². The van der Waals surface area contributed by atoms with Gasteiger partial charge < -0.3 is 29.5 Å². The summed E-state index contributed by atoms with van der Waals surface area (Å²) < 4.78 is 18.5. The number of aliphatic hydroxyl groups excluding tert-OH is 1. The van der Waals surface area contributed by atoms with Crippen LogP contribution in [0.15, 0.2) is 103 Å². The summed E-state index contributed by atoms with van der Waals surface area (Å²) in [6, 6.07) is 29.5. The van der Waals surface area contributed by atoms with Crippen molar-refractivity contribution < 1.29 is 33.7 Å². The molecule has 1 aromatic heterocycles. The number of hydrogen-bond donors (Lipinski definition) is 2. The van der Waals surface area contributed by atoms with Crippen LogP contribution < -0.4 is 5.32 Å². The van der Waals surface area contributed by atoms with E-state index in [1.54, 1.807) is 0 Å². The molecular formula is C40H44N4O7. The molecule has 11 nitrogen and oxygen atoms in total. The number of hydrogen-bond acceptors (Lipinski definition) is 9.